The normalized spacial score (nSPS) is 14.4. The van der Waals surface area contributed by atoms with Crippen molar-refractivity contribution in [1.29, 1.82) is 0 Å². The van der Waals surface area contributed by atoms with Gasteiger partial charge in [0.1, 0.15) is 12.2 Å². The largest absolute Gasteiger partial charge is 0.478 e. The summed E-state index contributed by atoms with van der Waals surface area (Å²) in [7, 11) is 0. The second-order valence-electron chi connectivity index (χ2n) is 9.93. The Bertz CT molecular complexity index is 1710. The third-order valence-corrected chi connectivity index (χ3v) is 7.28. The zero-order chi connectivity index (χ0) is 28.9. The van der Waals surface area contributed by atoms with Gasteiger partial charge in [0, 0.05) is 40.8 Å². The molecule has 0 bridgehead atoms. The van der Waals surface area contributed by atoms with E-state index in [4.69, 9.17) is 16.7 Å². The third-order valence-electron chi connectivity index (χ3n) is 6.97. The molecule has 1 atom stereocenters. The second kappa shape index (κ2) is 12.2. The highest BCUT2D eigenvalue weighted by Crippen LogP contribution is 2.33. The molecule has 0 fully saturated rings. The molecule has 1 aliphatic heterocycles. The zero-order valence-electron chi connectivity index (χ0n) is 22.8. The number of carbonyl (C=O) groups is 2. The first-order valence-electron chi connectivity index (χ1n) is 13.3. The van der Waals surface area contributed by atoms with Gasteiger partial charge in [-0.1, -0.05) is 59.6 Å². The highest BCUT2D eigenvalue weighted by Gasteiger charge is 2.26. The van der Waals surface area contributed by atoms with Crippen LogP contribution in [-0.2, 0) is 17.8 Å². The number of aryl methyl sites for hydroxylation is 2. The Kier molecular flexibility index (Phi) is 8.31. The summed E-state index contributed by atoms with van der Waals surface area (Å²) < 4.78 is 3.79. The highest BCUT2D eigenvalue weighted by atomic mass is 35.5. The third kappa shape index (κ3) is 6.39. The molecule has 1 unspecified atom stereocenters. The van der Waals surface area contributed by atoms with Crippen LogP contribution >= 0.6 is 11.6 Å². The number of aliphatic carboxylic acids is 1. The first-order chi connectivity index (χ1) is 19.8. The quantitative estimate of drug-likeness (QED) is 0.253. The SMILES string of the molecule is Cc1ccc2c(c1)c(/C=C/C(=O)O)c1n2CC(NC(=O)c2ccc(-n3cnc(C)n3)cc2Cl)CC1.c1ccccc1. The van der Waals surface area contributed by atoms with Crippen LogP contribution in [0.1, 0.15) is 39.4 Å². The van der Waals surface area contributed by atoms with Gasteiger partial charge in [0.05, 0.1) is 16.3 Å². The van der Waals surface area contributed by atoms with Gasteiger partial charge < -0.3 is 15.0 Å². The first kappa shape index (κ1) is 27.9. The van der Waals surface area contributed by atoms with Crippen LogP contribution in [0, 0.1) is 13.8 Å². The Morgan fingerprint density at radius 1 is 1.05 bits per heavy atom. The van der Waals surface area contributed by atoms with Crippen LogP contribution in [0.3, 0.4) is 0 Å². The van der Waals surface area contributed by atoms with Gasteiger partial charge in [-0.15, -0.1) is 0 Å². The molecule has 2 N–H and O–H groups in total. The van der Waals surface area contributed by atoms with Crippen molar-refractivity contribution < 1.29 is 14.7 Å². The summed E-state index contributed by atoms with van der Waals surface area (Å²) >= 11 is 6.45. The Morgan fingerprint density at radius 2 is 1.78 bits per heavy atom. The molecule has 0 saturated heterocycles. The molecular weight excluding hydrogens is 538 g/mol. The monoisotopic (exact) mass is 567 g/mol. The fraction of sp³-hybridized carbons (Fsp3) is 0.188. The molecule has 0 spiro atoms. The molecule has 9 heteroatoms. The summed E-state index contributed by atoms with van der Waals surface area (Å²) in [6.07, 6.45) is 5.91. The predicted molar refractivity (Wildman–Crippen MR) is 160 cm³/mol. The number of nitrogens with one attached hydrogen (secondary N) is 1. The number of fused-ring (bicyclic) bond motifs is 3. The summed E-state index contributed by atoms with van der Waals surface area (Å²) in [4.78, 5) is 28.3. The fourth-order valence-corrected chi connectivity index (χ4v) is 5.32. The lowest BCUT2D eigenvalue weighted by Gasteiger charge is -2.27. The Morgan fingerprint density at radius 3 is 2.41 bits per heavy atom. The van der Waals surface area contributed by atoms with E-state index in [0.29, 0.717) is 23.0 Å². The van der Waals surface area contributed by atoms with Gasteiger partial charge in [-0.3, -0.25) is 4.79 Å². The standard InChI is InChI=1S/C26H24ClN5O3.C6H6/c1-15-3-8-24-21(11-15)19(7-10-25(33)34)23-9-4-17(13-31(23)24)29-26(35)20-6-5-18(12-22(20)27)32-14-28-16(2)30-32;1-2-4-6-5-3-1/h3,5-8,10-12,14,17H,4,9,13H2,1-2H3,(H,29,35)(H,33,34);1-6H/b10-7+;. The van der Waals surface area contributed by atoms with Gasteiger partial charge >= 0.3 is 5.97 Å². The van der Waals surface area contributed by atoms with E-state index in [1.807, 2.05) is 49.4 Å². The average Bonchev–Trinajstić information content (AvgIpc) is 3.53. The lowest BCUT2D eigenvalue weighted by atomic mass is 10.0. The summed E-state index contributed by atoms with van der Waals surface area (Å²) in [6, 6.07) is 23.3. The Balaban J connectivity index is 0.000000500. The van der Waals surface area contributed by atoms with Crippen molar-refractivity contribution >= 4 is 40.5 Å². The van der Waals surface area contributed by atoms with E-state index in [1.165, 1.54) is 6.08 Å². The molecule has 41 heavy (non-hydrogen) atoms. The molecule has 3 aromatic carbocycles. The number of amides is 1. The molecule has 0 saturated carbocycles. The Labute approximate surface area is 242 Å². The molecule has 8 nitrogen and oxygen atoms in total. The van der Waals surface area contributed by atoms with E-state index in [-0.39, 0.29) is 11.9 Å². The van der Waals surface area contributed by atoms with Crippen LogP contribution < -0.4 is 5.32 Å². The number of carboxylic acid groups (broad SMARTS) is 1. The van der Waals surface area contributed by atoms with Gasteiger partial charge in [0.25, 0.3) is 5.91 Å². The van der Waals surface area contributed by atoms with Crippen LogP contribution in [0.25, 0.3) is 22.7 Å². The Hall–Kier alpha value is -4.69. The summed E-state index contributed by atoms with van der Waals surface area (Å²) in [5.74, 6) is -0.564. The van der Waals surface area contributed by atoms with Gasteiger partial charge in [0.2, 0.25) is 0 Å². The molecule has 5 aromatic rings. The molecule has 208 valence electrons. The van der Waals surface area contributed by atoms with E-state index in [0.717, 1.165) is 46.3 Å². The fourth-order valence-electron chi connectivity index (χ4n) is 5.06. The molecule has 0 radical (unpaired) electrons. The summed E-state index contributed by atoms with van der Waals surface area (Å²) in [6.45, 7) is 4.41. The van der Waals surface area contributed by atoms with Gasteiger partial charge in [-0.2, -0.15) is 5.10 Å². The van der Waals surface area contributed by atoms with E-state index >= 15 is 0 Å². The van der Waals surface area contributed by atoms with E-state index < -0.39 is 5.97 Å². The minimum atomic E-state index is -0.978. The van der Waals surface area contributed by atoms with E-state index in [1.54, 1.807) is 42.2 Å². The predicted octanol–water partition coefficient (Wildman–Crippen LogP) is 6.02. The molecule has 6 rings (SSSR count). The van der Waals surface area contributed by atoms with Crippen molar-refractivity contribution in [1.82, 2.24) is 24.6 Å². The topological polar surface area (TPSA) is 102 Å². The first-order valence-corrected chi connectivity index (χ1v) is 13.7. The van der Waals surface area contributed by atoms with Crippen molar-refractivity contribution in [3.05, 3.63) is 118 Å². The number of nitrogens with zero attached hydrogens (tertiary/aromatic N) is 4. The summed E-state index contributed by atoms with van der Waals surface area (Å²) in [5.41, 5.74) is 5.27. The molecule has 0 aliphatic carbocycles. The minimum Gasteiger partial charge on any atom is -0.478 e. The number of benzene rings is 3. The number of carboxylic acids is 1. The van der Waals surface area contributed by atoms with Gasteiger partial charge in [-0.25, -0.2) is 14.5 Å². The van der Waals surface area contributed by atoms with Crippen molar-refractivity contribution in [2.24, 2.45) is 0 Å². The zero-order valence-corrected chi connectivity index (χ0v) is 23.5. The van der Waals surface area contributed by atoms with E-state index in [2.05, 4.69) is 32.1 Å². The molecule has 3 heterocycles. The number of halogens is 1. The molecule has 2 aromatic heterocycles. The maximum absolute atomic E-state index is 13.1. The lowest BCUT2D eigenvalue weighted by Crippen LogP contribution is -2.41. The van der Waals surface area contributed by atoms with Crippen molar-refractivity contribution in [2.75, 3.05) is 0 Å². The smallest absolute Gasteiger partial charge is 0.328 e. The van der Waals surface area contributed by atoms with Gasteiger partial charge in [-0.05, 0) is 63.1 Å². The molecule has 1 aliphatic rings. The maximum Gasteiger partial charge on any atom is 0.328 e. The van der Waals surface area contributed by atoms with Crippen molar-refractivity contribution in [3.63, 3.8) is 0 Å². The number of aromatic nitrogens is 4. The van der Waals surface area contributed by atoms with Crippen LogP contribution in [0.5, 0.6) is 0 Å². The van der Waals surface area contributed by atoms with E-state index in [9.17, 15) is 9.59 Å². The minimum absolute atomic E-state index is 0.0862. The molecular formula is C32H30ClN5O3. The van der Waals surface area contributed by atoms with Crippen LogP contribution in [0.4, 0.5) is 0 Å². The second-order valence-corrected chi connectivity index (χ2v) is 10.3. The van der Waals surface area contributed by atoms with Crippen molar-refractivity contribution in [3.8, 4) is 5.69 Å². The number of hydrogen-bond donors (Lipinski definition) is 2. The van der Waals surface area contributed by atoms with Crippen LogP contribution in [0.2, 0.25) is 5.02 Å². The maximum atomic E-state index is 13.1. The number of carbonyl (C=O) groups excluding carboxylic acids is 1. The lowest BCUT2D eigenvalue weighted by molar-refractivity contribution is -0.131. The van der Waals surface area contributed by atoms with Gasteiger partial charge in [0.15, 0.2) is 0 Å². The van der Waals surface area contributed by atoms with Crippen LogP contribution in [0.15, 0.2) is 85.2 Å². The average molecular weight is 568 g/mol. The van der Waals surface area contributed by atoms with Crippen LogP contribution in [-0.4, -0.2) is 42.4 Å². The highest BCUT2D eigenvalue weighted by molar-refractivity contribution is 6.34. The number of hydrogen-bond acceptors (Lipinski definition) is 4. The van der Waals surface area contributed by atoms with Crippen molar-refractivity contribution in [2.45, 2.75) is 39.3 Å². The molecule has 1 amide bonds. The summed E-state index contributed by atoms with van der Waals surface area (Å²) in [5, 5.41) is 17.9. The number of rotatable bonds is 5.